The lowest BCUT2D eigenvalue weighted by Crippen LogP contribution is -2.26. The van der Waals surface area contributed by atoms with E-state index >= 15 is 0 Å². The largest absolute Gasteiger partial charge is 0.366 e. The van der Waals surface area contributed by atoms with Gasteiger partial charge in [-0.15, -0.1) is 0 Å². The van der Waals surface area contributed by atoms with Crippen LogP contribution in [0.2, 0.25) is 0 Å². The molecule has 2 saturated heterocycles. The first-order chi connectivity index (χ1) is 4.77. The molecule has 0 aromatic heterocycles. The average Bonchev–Trinajstić information content (AvgIpc) is 2.35. The molecule has 0 amide bonds. The van der Waals surface area contributed by atoms with Gasteiger partial charge in [-0.25, -0.2) is 0 Å². The third-order valence-electron chi connectivity index (χ3n) is 1.79. The van der Waals surface area contributed by atoms with Crippen molar-refractivity contribution in [3.05, 3.63) is 0 Å². The number of aliphatic hydroxyl groups excluding tert-OH is 1. The number of hydrogen-bond donors (Lipinski definition) is 1. The van der Waals surface area contributed by atoms with Gasteiger partial charge in [0.25, 0.3) is 0 Å². The molecule has 0 spiro atoms. The Morgan fingerprint density at radius 1 is 1.40 bits per heavy atom. The van der Waals surface area contributed by atoms with Gasteiger partial charge >= 0.3 is 0 Å². The zero-order valence-electron chi connectivity index (χ0n) is 5.69. The maximum Gasteiger partial charge on any atom is 0.184 e. The molecule has 4 heteroatoms. The summed E-state index contributed by atoms with van der Waals surface area (Å²) in [5, 5.41) is 9.09. The molecule has 58 valence electrons. The lowest BCUT2D eigenvalue weighted by molar-refractivity contribution is -0.158. The van der Waals surface area contributed by atoms with Crippen molar-refractivity contribution >= 4 is 0 Å². The lowest BCUT2D eigenvalue weighted by Gasteiger charge is -2.09. The number of aliphatic hydroxyl groups is 1. The Balaban J connectivity index is 2.05. The second-order valence-corrected chi connectivity index (χ2v) is 2.57. The van der Waals surface area contributed by atoms with E-state index in [-0.39, 0.29) is 18.5 Å². The molecule has 0 aromatic rings. The van der Waals surface area contributed by atoms with E-state index in [9.17, 15) is 0 Å². The monoisotopic (exact) mass is 146 g/mol. The summed E-state index contributed by atoms with van der Waals surface area (Å²) in [5.41, 5.74) is 0. The van der Waals surface area contributed by atoms with E-state index in [1.807, 2.05) is 6.92 Å². The highest BCUT2D eigenvalue weighted by Gasteiger charge is 2.44. The first-order valence-corrected chi connectivity index (χ1v) is 3.38. The fourth-order valence-corrected chi connectivity index (χ4v) is 1.34. The molecule has 2 heterocycles. The highest BCUT2D eigenvalue weighted by molar-refractivity contribution is 4.83. The molecule has 2 unspecified atom stereocenters. The molecule has 0 saturated carbocycles. The van der Waals surface area contributed by atoms with Crippen molar-refractivity contribution in [3.63, 3.8) is 0 Å². The summed E-state index contributed by atoms with van der Waals surface area (Å²) < 4.78 is 15.3. The van der Waals surface area contributed by atoms with E-state index in [0.29, 0.717) is 6.61 Å². The van der Waals surface area contributed by atoms with Gasteiger partial charge in [0.1, 0.15) is 12.2 Å². The SMILES string of the molecule is CC1O[C@@H]2COC(O)[C@@H]2O1. The van der Waals surface area contributed by atoms with Crippen LogP contribution < -0.4 is 0 Å². The van der Waals surface area contributed by atoms with Crippen LogP contribution in [0.25, 0.3) is 0 Å². The van der Waals surface area contributed by atoms with Gasteiger partial charge in [0, 0.05) is 0 Å². The van der Waals surface area contributed by atoms with E-state index in [1.54, 1.807) is 0 Å². The van der Waals surface area contributed by atoms with Crippen LogP contribution in [0.3, 0.4) is 0 Å². The summed E-state index contributed by atoms with van der Waals surface area (Å²) in [5.74, 6) is 0. The maximum atomic E-state index is 9.09. The predicted octanol–water partition coefficient (Wildman–Crippen LogP) is -0.535. The van der Waals surface area contributed by atoms with Gasteiger partial charge in [-0.3, -0.25) is 0 Å². The standard InChI is InChI=1S/C6H10O4/c1-3-9-4-2-8-6(7)5(4)10-3/h3-7H,2H2,1H3/t3?,4-,5-,6?/m1/s1. The highest BCUT2D eigenvalue weighted by atomic mass is 16.8. The number of rotatable bonds is 0. The third-order valence-corrected chi connectivity index (χ3v) is 1.79. The van der Waals surface area contributed by atoms with Crippen molar-refractivity contribution in [2.24, 2.45) is 0 Å². The molecule has 0 bridgehead atoms. The van der Waals surface area contributed by atoms with Crippen LogP contribution in [0.5, 0.6) is 0 Å². The third kappa shape index (κ3) is 0.845. The zero-order valence-corrected chi connectivity index (χ0v) is 5.69. The minimum atomic E-state index is -0.796. The van der Waals surface area contributed by atoms with Crippen LogP contribution in [0.15, 0.2) is 0 Å². The van der Waals surface area contributed by atoms with E-state index in [2.05, 4.69) is 0 Å². The van der Waals surface area contributed by atoms with Gasteiger partial charge in [0.2, 0.25) is 0 Å². The summed E-state index contributed by atoms with van der Waals surface area (Å²) in [6.07, 6.45) is -1.33. The molecule has 2 fully saturated rings. The Morgan fingerprint density at radius 2 is 2.20 bits per heavy atom. The summed E-state index contributed by atoms with van der Waals surface area (Å²) in [6.45, 7) is 2.25. The molecule has 4 nitrogen and oxygen atoms in total. The molecular weight excluding hydrogens is 136 g/mol. The molecule has 2 aliphatic rings. The summed E-state index contributed by atoms with van der Waals surface area (Å²) in [7, 11) is 0. The van der Waals surface area contributed by atoms with Crippen LogP contribution in [0, 0.1) is 0 Å². The fraction of sp³-hybridized carbons (Fsp3) is 1.00. The molecular formula is C6H10O4. The van der Waals surface area contributed by atoms with Crippen molar-refractivity contribution in [1.29, 1.82) is 0 Å². The lowest BCUT2D eigenvalue weighted by atomic mass is 10.2. The first-order valence-electron chi connectivity index (χ1n) is 3.38. The summed E-state index contributed by atoms with van der Waals surface area (Å²) in [4.78, 5) is 0. The minimum Gasteiger partial charge on any atom is -0.366 e. The predicted molar refractivity (Wildman–Crippen MR) is 31.2 cm³/mol. The van der Waals surface area contributed by atoms with Crippen molar-refractivity contribution < 1.29 is 19.3 Å². The molecule has 2 aliphatic heterocycles. The fourth-order valence-electron chi connectivity index (χ4n) is 1.34. The molecule has 1 N–H and O–H groups in total. The van der Waals surface area contributed by atoms with Crippen LogP contribution >= 0.6 is 0 Å². The number of ether oxygens (including phenoxy) is 3. The second kappa shape index (κ2) is 2.17. The van der Waals surface area contributed by atoms with Crippen molar-refractivity contribution in [3.8, 4) is 0 Å². The zero-order chi connectivity index (χ0) is 7.14. The van der Waals surface area contributed by atoms with Crippen molar-refractivity contribution in [1.82, 2.24) is 0 Å². The van der Waals surface area contributed by atoms with E-state index in [4.69, 9.17) is 19.3 Å². The average molecular weight is 146 g/mol. The van der Waals surface area contributed by atoms with Crippen LogP contribution in [0.4, 0.5) is 0 Å². The molecule has 4 atom stereocenters. The van der Waals surface area contributed by atoms with Gasteiger partial charge in [-0.05, 0) is 6.92 Å². The Labute approximate surface area is 58.7 Å². The minimum absolute atomic E-state index is 0.0648. The Kier molecular flexibility index (Phi) is 1.42. The topological polar surface area (TPSA) is 47.9 Å². The van der Waals surface area contributed by atoms with Gasteiger partial charge in [-0.1, -0.05) is 0 Å². The molecule has 0 radical (unpaired) electrons. The molecule has 2 rings (SSSR count). The van der Waals surface area contributed by atoms with Gasteiger partial charge < -0.3 is 19.3 Å². The van der Waals surface area contributed by atoms with E-state index < -0.39 is 6.29 Å². The molecule has 10 heavy (non-hydrogen) atoms. The quantitative estimate of drug-likeness (QED) is 0.499. The van der Waals surface area contributed by atoms with Crippen molar-refractivity contribution in [2.75, 3.05) is 6.61 Å². The van der Waals surface area contributed by atoms with Crippen LogP contribution in [-0.2, 0) is 14.2 Å². The first kappa shape index (κ1) is 6.54. The van der Waals surface area contributed by atoms with Crippen LogP contribution in [-0.4, -0.2) is 36.5 Å². The van der Waals surface area contributed by atoms with Gasteiger partial charge in [-0.2, -0.15) is 0 Å². The highest BCUT2D eigenvalue weighted by Crippen LogP contribution is 2.27. The normalized spacial score (nSPS) is 53.4. The Hall–Kier alpha value is -0.160. The van der Waals surface area contributed by atoms with Gasteiger partial charge in [0.05, 0.1) is 6.61 Å². The number of fused-ring (bicyclic) bond motifs is 1. The molecule has 0 aliphatic carbocycles. The van der Waals surface area contributed by atoms with Crippen molar-refractivity contribution in [2.45, 2.75) is 31.7 Å². The Morgan fingerprint density at radius 3 is 2.90 bits per heavy atom. The second-order valence-electron chi connectivity index (χ2n) is 2.57. The Bertz CT molecular complexity index is 138. The maximum absolute atomic E-state index is 9.09. The van der Waals surface area contributed by atoms with E-state index in [0.717, 1.165) is 0 Å². The number of hydrogen-bond acceptors (Lipinski definition) is 4. The smallest absolute Gasteiger partial charge is 0.184 e. The van der Waals surface area contributed by atoms with E-state index in [1.165, 1.54) is 0 Å². The summed E-state index contributed by atoms with van der Waals surface area (Å²) >= 11 is 0. The van der Waals surface area contributed by atoms with Crippen LogP contribution in [0.1, 0.15) is 6.92 Å². The summed E-state index contributed by atoms with van der Waals surface area (Å²) in [6, 6.07) is 0. The molecule has 0 aromatic carbocycles. The van der Waals surface area contributed by atoms with Gasteiger partial charge in [0.15, 0.2) is 12.6 Å².